The molecule has 0 aliphatic heterocycles. The summed E-state index contributed by atoms with van der Waals surface area (Å²) in [5, 5.41) is 7.66. The van der Waals surface area contributed by atoms with E-state index < -0.39 is 8.15 Å². The SMILES string of the molecule is BO[P@](c1ccccc1)c1cc2ccccc2c2ccccc12. The Morgan fingerprint density at radius 2 is 1.26 bits per heavy atom. The quantitative estimate of drug-likeness (QED) is 0.316. The van der Waals surface area contributed by atoms with Crippen LogP contribution < -0.4 is 10.6 Å². The maximum absolute atomic E-state index is 5.94. The van der Waals surface area contributed by atoms with Gasteiger partial charge in [-0.25, -0.2) is 0 Å². The van der Waals surface area contributed by atoms with Crippen molar-refractivity contribution in [2.75, 3.05) is 0 Å². The molecule has 110 valence electrons. The Bertz CT molecular complexity index is 969. The zero-order chi connectivity index (χ0) is 15.6. The average Bonchev–Trinajstić information content (AvgIpc) is 2.63. The first-order chi connectivity index (χ1) is 11.4. The summed E-state index contributed by atoms with van der Waals surface area (Å²) in [6.07, 6.45) is 0. The van der Waals surface area contributed by atoms with Crippen LogP contribution in [0.1, 0.15) is 0 Å². The van der Waals surface area contributed by atoms with Crippen molar-refractivity contribution >= 4 is 48.4 Å². The fourth-order valence-corrected chi connectivity index (χ4v) is 4.91. The van der Waals surface area contributed by atoms with Crippen molar-refractivity contribution in [3.63, 3.8) is 0 Å². The molecule has 0 amide bonds. The van der Waals surface area contributed by atoms with E-state index in [9.17, 15) is 0 Å². The molecule has 4 aromatic rings. The summed E-state index contributed by atoms with van der Waals surface area (Å²) in [5.41, 5.74) is 0. The van der Waals surface area contributed by atoms with Gasteiger partial charge in [0, 0.05) is 10.6 Å². The third kappa shape index (κ3) is 2.55. The lowest BCUT2D eigenvalue weighted by atomic mass is 10.0. The summed E-state index contributed by atoms with van der Waals surface area (Å²) in [5.74, 6) is 0. The molecule has 0 aliphatic carbocycles. The standard InChI is InChI=1S/C20H16BOP/c21-22-23(16-9-2-1-3-10-16)20-14-15-8-4-5-11-17(15)18-12-6-7-13-19(18)20/h1-14H,21H2/t23-/m1/s1. The predicted octanol–water partition coefficient (Wildman–Crippen LogP) is 3.91. The van der Waals surface area contributed by atoms with Gasteiger partial charge in [-0.3, -0.25) is 0 Å². The first kappa shape index (κ1) is 14.4. The Hall–Kier alpha value is -2.15. The van der Waals surface area contributed by atoms with E-state index in [1.165, 1.54) is 32.2 Å². The fraction of sp³-hybridized carbons (Fsp3) is 0. The summed E-state index contributed by atoms with van der Waals surface area (Å²) in [7, 11) is 0.987. The third-order valence-corrected chi connectivity index (χ3v) is 6.08. The molecule has 0 N–H and O–H groups in total. The van der Waals surface area contributed by atoms with Crippen molar-refractivity contribution in [2.24, 2.45) is 0 Å². The van der Waals surface area contributed by atoms with Crippen LogP contribution in [0.3, 0.4) is 0 Å². The molecule has 1 atom stereocenters. The van der Waals surface area contributed by atoms with E-state index in [0.717, 1.165) is 0 Å². The molecule has 0 spiro atoms. The van der Waals surface area contributed by atoms with E-state index in [1.807, 2.05) is 14.1 Å². The molecule has 0 radical (unpaired) electrons. The molecule has 1 nitrogen and oxygen atoms in total. The van der Waals surface area contributed by atoms with Crippen LogP contribution >= 0.6 is 8.15 Å². The van der Waals surface area contributed by atoms with Gasteiger partial charge in [0.1, 0.15) is 0 Å². The topological polar surface area (TPSA) is 9.23 Å². The second-order valence-corrected chi connectivity index (χ2v) is 7.43. The largest absolute Gasteiger partial charge is 0.417 e. The van der Waals surface area contributed by atoms with E-state index in [-0.39, 0.29) is 0 Å². The number of hydrogen-bond donors (Lipinski definition) is 0. The lowest BCUT2D eigenvalue weighted by molar-refractivity contribution is 0.705. The van der Waals surface area contributed by atoms with Crippen molar-refractivity contribution in [1.82, 2.24) is 0 Å². The van der Waals surface area contributed by atoms with E-state index in [1.54, 1.807) is 0 Å². The van der Waals surface area contributed by atoms with Crippen LogP contribution in [0.4, 0.5) is 0 Å². The summed E-state index contributed by atoms with van der Waals surface area (Å²) >= 11 is 0. The minimum Gasteiger partial charge on any atom is -0.417 e. The van der Waals surface area contributed by atoms with Gasteiger partial charge >= 0.3 is 0 Å². The van der Waals surface area contributed by atoms with Gasteiger partial charge in [0.25, 0.3) is 8.05 Å². The zero-order valence-electron chi connectivity index (χ0n) is 12.9. The van der Waals surface area contributed by atoms with Crippen LogP contribution in [0.15, 0.2) is 84.9 Å². The van der Waals surface area contributed by atoms with E-state index in [4.69, 9.17) is 4.44 Å². The zero-order valence-corrected chi connectivity index (χ0v) is 13.8. The minimum atomic E-state index is -0.822. The Labute approximate surface area is 138 Å². The highest BCUT2D eigenvalue weighted by Gasteiger charge is 2.17. The highest BCUT2D eigenvalue weighted by molar-refractivity contribution is 7.69. The monoisotopic (exact) mass is 314 g/mol. The van der Waals surface area contributed by atoms with Gasteiger partial charge in [-0.05, 0) is 27.6 Å². The smallest absolute Gasteiger partial charge is 0.263 e. The minimum absolute atomic E-state index is 0.822. The Kier molecular flexibility index (Phi) is 3.87. The molecule has 0 fully saturated rings. The predicted molar refractivity (Wildman–Crippen MR) is 104 cm³/mol. The molecular formula is C20H16BOP. The van der Waals surface area contributed by atoms with Crippen LogP contribution in [-0.4, -0.2) is 8.05 Å². The highest BCUT2D eigenvalue weighted by Crippen LogP contribution is 2.38. The highest BCUT2D eigenvalue weighted by atomic mass is 31.1. The summed E-state index contributed by atoms with van der Waals surface area (Å²) < 4.78 is 5.94. The average molecular weight is 314 g/mol. The van der Waals surface area contributed by atoms with E-state index in [2.05, 4.69) is 78.9 Å². The number of fused-ring (bicyclic) bond motifs is 3. The molecule has 4 rings (SSSR count). The maximum Gasteiger partial charge on any atom is 0.263 e. The Morgan fingerprint density at radius 1 is 0.652 bits per heavy atom. The van der Waals surface area contributed by atoms with Crippen LogP contribution in [0, 0.1) is 0 Å². The van der Waals surface area contributed by atoms with Gasteiger partial charge in [-0.15, -0.1) is 0 Å². The number of benzene rings is 4. The van der Waals surface area contributed by atoms with Crippen molar-refractivity contribution < 1.29 is 4.44 Å². The lowest BCUT2D eigenvalue weighted by Gasteiger charge is -2.20. The summed E-state index contributed by atoms with van der Waals surface area (Å²) in [6.45, 7) is 0. The first-order valence-corrected chi connectivity index (χ1v) is 8.94. The van der Waals surface area contributed by atoms with Gasteiger partial charge in [0.15, 0.2) is 0 Å². The molecule has 0 bridgehead atoms. The summed E-state index contributed by atoms with van der Waals surface area (Å²) in [6, 6.07) is 30.0. The van der Waals surface area contributed by atoms with Gasteiger partial charge < -0.3 is 4.44 Å². The molecule has 23 heavy (non-hydrogen) atoms. The van der Waals surface area contributed by atoms with Crippen molar-refractivity contribution in [3.8, 4) is 0 Å². The van der Waals surface area contributed by atoms with Gasteiger partial charge in [-0.2, -0.15) is 0 Å². The van der Waals surface area contributed by atoms with Crippen molar-refractivity contribution in [3.05, 3.63) is 84.9 Å². The van der Waals surface area contributed by atoms with E-state index in [0.29, 0.717) is 0 Å². The van der Waals surface area contributed by atoms with Crippen LogP contribution in [0.25, 0.3) is 21.5 Å². The molecule has 0 saturated heterocycles. The van der Waals surface area contributed by atoms with Gasteiger partial charge in [-0.1, -0.05) is 78.9 Å². The second kappa shape index (κ2) is 6.16. The Balaban J connectivity index is 2.05. The van der Waals surface area contributed by atoms with Crippen LogP contribution in [-0.2, 0) is 4.44 Å². The first-order valence-electron chi connectivity index (χ1n) is 7.68. The second-order valence-electron chi connectivity index (χ2n) is 5.47. The summed E-state index contributed by atoms with van der Waals surface area (Å²) in [4.78, 5) is 0. The maximum atomic E-state index is 5.94. The molecule has 0 aromatic heterocycles. The third-order valence-electron chi connectivity index (χ3n) is 4.14. The molecule has 0 heterocycles. The molecule has 4 aromatic carbocycles. The fourth-order valence-electron chi connectivity index (χ4n) is 3.11. The molecule has 3 heteroatoms. The molecule has 0 aliphatic rings. The van der Waals surface area contributed by atoms with E-state index >= 15 is 0 Å². The van der Waals surface area contributed by atoms with Crippen molar-refractivity contribution in [1.29, 1.82) is 0 Å². The molecular weight excluding hydrogens is 298 g/mol. The number of hydrogen-bond acceptors (Lipinski definition) is 1. The van der Waals surface area contributed by atoms with Crippen molar-refractivity contribution in [2.45, 2.75) is 0 Å². The normalized spacial score (nSPS) is 12.5. The van der Waals surface area contributed by atoms with Gasteiger partial charge in [0.05, 0.1) is 8.15 Å². The molecule has 0 unspecified atom stereocenters. The van der Waals surface area contributed by atoms with Crippen LogP contribution in [0.5, 0.6) is 0 Å². The number of rotatable bonds is 3. The Morgan fingerprint density at radius 3 is 2.00 bits per heavy atom. The molecule has 0 saturated carbocycles. The van der Waals surface area contributed by atoms with Gasteiger partial charge in [0.2, 0.25) is 0 Å². The lowest BCUT2D eigenvalue weighted by Crippen LogP contribution is -2.14. The van der Waals surface area contributed by atoms with Crippen LogP contribution in [0.2, 0.25) is 0 Å².